The monoisotopic (exact) mass is 251 g/mol. The minimum atomic E-state index is 0.296. The second kappa shape index (κ2) is 7.31. The molecule has 1 aromatic rings. The lowest BCUT2D eigenvalue weighted by Crippen LogP contribution is -2.11. The van der Waals surface area contributed by atoms with Crippen LogP contribution in [0.5, 0.6) is 0 Å². The highest BCUT2D eigenvalue weighted by Gasteiger charge is 2.11. The molecule has 1 aromatic heterocycles. The first-order valence-corrected chi connectivity index (χ1v) is 6.80. The molecule has 1 atom stereocenters. The van der Waals surface area contributed by atoms with E-state index in [2.05, 4.69) is 18.9 Å². The molecule has 4 nitrogen and oxygen atoms in total. The van der Waals surface area contributed by atoms with Crippen LogP contribution in [0, 0.1) is 5.92 Å². The molecule has 0 bridgehead atoms. The van der Waals surface area contributed by atoms with Crippen molar-refractivity contribution in [3.63, 3.8) is 0 Å². The number of ketones is 1. The summed E-state index contributed by atoms with van der Waals surface area (Å²) in [7, 11) is 1.90. The van der Waals surface area contributed by atoms with Crippen molar-refractivity contribution in [1.82, 2.24) is 9.78 Å². The van der Waals surface area contributed by atoms with Gasteiger partial charge in [0.1, 0.15) is 5.78 Å². The van der Waals surface area contributed by atoms with Crippen LogP contribution < -0.4 is 5.73 Å². The molecule has 1 rings (SSSR count). The van der Waals surface area contributed by atoms with Crippen LogP contribution in [-0.4, -0.2) is 22.1 Å². The Balaban J connectivity index is 2.41. The molecule has 1 unspecified atom stereocenters. The zero-order valence-electron chi connectivity index (χ0n) is 11.8. The van der Waals surface area contributed by atoms with Crippen LogP contribution in [0.3, 0.4) is 0 Å². The number of Topliss-reactive ketones (excluding diaryl/α,β-unsaturated/α-hetero) is 1. The van der Waals surface area contributed by atoms with Crippen molar-refractivity contribution in [2.24, 2.45) is 18.7 Å². The largest absolute Gasteiger partial charge is 0.330 e. The first-order chi connectivity index (χ1) is 8.56. The SMILES string of the molecule is CCc1cc(CC(=O)CCC(C)CCN)n(C)n1. The molecule has 0 aliphatic heterocycles. The summed E-state index contributed by atoms with van der Waals surface area (Å²) in [6.07, 6.45) is 4.00. The number of rotatable bonds is 8. The van der Waals surface area contributed by atoms with Gasteiger partial charge in [-0.2, -0.15) is 5.10 Å². The van der Waals surface area contributed by atoms with Gasteiger partial charge in [0, 0.05) is 25.6 Å². The van der Waals surface area contributed by atoms with E-state index in [1.165, 1.54) is 0 Å². The van der Waals surface area contributed by atoms with E-state index < -0.39 is 0 Å². The van der Waals surface area contributed by atoms with E-state index in [4.69, 9.17) is 5.73 Å². The molecule has 102 valence electrons. The molecule has 1 heterocycles. The van der Waals surface area contributed by atoms with Crippen LogP contribution in [0.2, 0.25) is 0 Å². The summed E-state index contributed by atoms with van der Waals surface area (Å²) in [4.78, 5) is 11.9. The molecule has 18 heavy (non-hydrogen) atoms. The lowest BCUT2D eigenvalue weighted by molar-refractivity contribution is -0.118. The smallest absolute Gasteiger partial charge is 0.138 e. The fourth-order valence-electron chi connectivity index (χ4n) is 2.04. The molecule has 0 saturated carbocycles. The summed E-state index contributed by atoms with van der Waals surface area (Å²) < 4.78 is 1.82. The molecule has 4 heteroatoms. The van der Waals surface area contributed by atoms with E-state index in [0.29, 0.717) is 31.1 Å². The second-order valence-corrected chi connectivity index (χ2v) is 5.04. The van der Waals surface area contributed by atoms with Crippen molar-refractivity contribution in [1.29, 1.82) is 0 Å². The molecule has 0 saturated heterocycles. The average Bonchev–Trinajstić information content (AvgIpc) is 2.68. The van der Waals surface area contributed by atoms with Crippen LogP contribution in [0.25, 0.3) is 0 Å². The van der Waals surface area contributed by atoms with Crippen molar-refractivity contribution in [2.45, 2.75) is 46.0 Å². The van der Waals surface area contributed by atoms with Crippen LogP contribution in [0.15, 0.2) is 6.07 Å². The van der Waals surface area contributed by atoms with Gasteiger partial charge in [-0.15, -0.1) is 0 Å². The van der Waals surface area contributed by atoms with Crippen LogP contribution in [-0.2, 0) is 24.7 Å². The fraction of sp³-hybridized carbons (Fsp3) is 0.714. The maximum Gasteiger partial charge on any atom is 0.138 e. The lowest BCUT2D eigenvalue weighted by Gasteiger charge is -2.08. The maximum atomic E-state index is 11.9. The Morgan fingerprint density at radius 2 is 2.22 bits per heavy atom. The zero-order valence-corrected chi connectivity index (χ0v) is 11.8. The van der Waals surface area contributed by atoms with E-state index in [-0.39, 0.29) is 0 Å². The quantitative estimate of drug-likeness (QED) is 0.767. The normalized spacial score (nSPS) is 12.7. The van der Waals surface area contributed by atoms with Crippen molar-refractivity contribution in [3.8, 4) is 0 Å². The predicted molar refractivity (Wildman–Crippen MR) is 73.4 cm³/mol. The Morgan fingerprint density at radius 3 is 2.78 bits per heavy atom. The summed E-state index contributed by atoms with van der Waals surface area (Å²) in [5.74, 6) is 0.834. The highest BCUT2D eigenvalue weighted by Crippen LogP contribution is 2.12. The maximum absolute atomic E-state index is 11.9. The van der Waals surface area contributed by atoms with Gasteiger partial charge < -0.3 is 5.73 Å². The molecule has 0 spiro atoms. The molecule has 0 aliphatic rings. The van der Waals surface area contributed by atoms with Crippen molar-refractivity contribution >= 4 is 5.78 Å². The van der Waals surface area contributed by atoms with E-state index in [9.17, 15) is 4.79 Å². The van der Waals surface area contributed by atoms with Gasteiger partial charge in [-0.1, -0.05) is 13.8 Å². The number of nitrogens with zero attached hydrogens (tertiary/aromatic N) is 2. The predicted octanol–water partition coefficient (Wildman–Crippen LogP) is 1.86. The van der Waals surface area contributed by atoms with Gasteiger partial charge in [0.25, 0.3) is 0 Å². The number of carbonyl (C=O) groups is 1. The van der Waals surface area contributed by atoms with E-state index >= 15 is 0 Å². The summed E-state index contributed by atoms with van der Waals surface area (Å²) >= 11 is 0. The number of hydrogen-bond donors (Lipinski definition) is 1. The molecule has 0 fully saturated rings. The average molecular weight is 251 g/mol. The molecular weight excluding hydrogens is 226 g/mol. The Morgan fingerprint density at radius 1 is 1.50 bits per heavy atom. The summed E-state index contributed by atoms with van der Waals surface area (Å²) in [5.41, 5.74) is 7.57. The van der Waals surface area contributed by atoms with Gasteiger partial charge in [-0.05, 0) is 37.8 Å². The van der Waals surface area contributed by atoms with Gasteiger partial charge in [0.15, 0.2) is 0 Å². The minimum Gasteiger partial charge on any atom is -0.330 e. The molecule has 0 amide bonds. The molecule has 0 aromatic carbocycles. The van der Waals surface area contributed by atoms with Crippen LogP contribution in [0.4, 0.5) is 0 Å². The summed E-state index contributed by atoms with van der Waals surface area (Å²) in [6.45, 7) is 4.93. The number of hydrogen-bond acceptors (Lipinski definition) is 3. The van der Waals surface area contributed by atoms with E-state index in [1.54, 1.807) is 0 Å². The summed E-state index contributed by atoms with van der Waals surface area (Å²) in [6, 6.07) is 2.03. The first kappa shape index (κ1) is 14.9. The van der Waals surface area contributed by atoms with Crippen molar-refractivity contribution in [3.05, 3.63) is 17.5 Å². The third-order valence-electron chi connectivity index (χ3n) is 3.34. The van der Waals surface area contributed by atoms with Gasteiger partial charge in [-0.25, -0.2) is 0 Å². The van der Waals surface area contributed by atoms with Gasteiger partial charge in [0.05, 0.1) is 5.69 Å². The number of nitrogens with two attached hydrogens (primary N) is 1. The van der Waals surface area contributed by atoms with Crippen molar-refractivity contribution < 1.29 is 4.79 Å². The third kappa shape index (κ3) is 4.61. The van der Waals surface area contributed by atoms with E-state index in [1.807, 2.05) is 17.8 Å². The highest BCUT2D eigenvalue weighted by atomic mass is 16.1. The lowest BCUT2D eigenvalue weighted by atomic mass is 9.99. The summed E-state index contributed by atoms with van der Waals surface area (Å²) in [5, 5.41) is 4.35. The first-order valence-electron chi connectivity index (χ1n) is 6.80. The van der Waals surface area contributed by atoms with Crippen LogP contribution in [0.1, 0.15) is 44.5 Å². The minimum absolute atomic E-state index is 0.296. The van der Waals surface area contributed by atoms with Gasteiger partial charge in [-0.3, -0.25) is 9.48 Å². The van der Waals surface area contributed by atoms with Crippen molar-refractivity contribution in [2.75, 3.05) is 6.54 Å². The highest BCUT2D eigenvalue weighted by molar-refractivity contribution is 5.80. The second-order valence-electron chi connectivity index (χ2n) is 5.04. The molecule has 0 radical (unpaired) electrons. The van der Waals surface area contributed by atoms with Crippen LogP contribution >= 0.6 is 0 Å². The Bertz CT molecular complexity index is 384. The molecule has 0 aliphatic carbocycles. The van der Waals surface area contributed by atoms with E-state index in [0.717, 1.165) is 30.7 Å². The Kier molecular flexibility index (Phi) is 6.05. The topological polar surface area (TPSA) is 60.9 Å². The molecule has 2 N–H and O–H groups in total. The van der Waals surface area contributed by atoms with Gasteiger partial charge in [0.2, 0.25) is 0 Å². The standard InChI is InChI=1S/C14H25N3O/c1-4-12-9-13(17(3)16-12)10-14(18)6-5-11(2)7-8-15/h9,11H,4-8,10,15H2,1-3H3. The zero-order chi connectivity index (χ0) is 13.5. The number of carbonyl (C=O) groups excluding carboxylic acids is 1. The fourth-order valence-corrected chi connectivity index (χ4v) is 2.04. The number of aryl methyl sites for hydroxylation is 2. The Hall–Kier alpha value is -1.16. The number of aromatic nitrogens is 2. The van der Waals surface area contributed by atoms with Gasteiger partial charge >= 0.3 is 0 Å². The molecular formula is C14H25N3O. The Labute approximate surface area is 110 Å². The third-order valence-corrected chi connectivity index (χ3v) is 3.34.